The van der Waals surface area contributed by atoms with Crippen LogP contribution in [0, 0.1) is 0 Å². The van der Waals surface area contributed by atoms with Gasteiger partial charge in [0.2, 0.25) is 0 Å². The summed E-state index contributed by atoms with van der Waals surface area (Å²) < 4.78 is 4.72. The van der Waals surface area contributed by atoms with Crippen molar-refractivity contribution in [2.45, 2.75) is 0 Å². The lowest BCUT2D eigenvalue weighted by Crippen LogP contribution is -2.10. The van der Waals surface area contributed by atoms with Gasteiger partial charge in [-0.3, -0.25) is 4.98 Å². The van der Waals surface area contributed by atoms with Crippen molar-refractivity contribution in [3.8, 4) is 33.9 Å². The molecule has 4 heterocycles. The molecule has 0 saturated heterocycles. The number of pyridine rings is 1. The molecule has 53 heavy (non-hydrogen) atoms. The van der Waals surface area contributed by atoms with Crippen molar-refractivity contribution in [2.24, 2.45) is 0 Å². The van der Waals surface area contributed by atoms with E-state index in [1.54, 1.807) is 0 Å². The molecule has 0 atom stereocenters. The van der Waals surface area contributed by atoms with E-state index in [-0.39, 0.29) is 0 Å². The van der Waals surface area contributed by atoms with Crippen LogP contribution in [0.1, 0.15) is 0 Å². The van der Waals surface area contributed by atoms with E-state index in [0.717, 1.165) is 50.6 Å². The first-order valence-corrected chi connectivity index (χ1v) is 17.5. The molecule has 0 N–H and O–H groups in total. The molecule has 0 aliphatic carbocycles. The van der Waals surface area contributed by atoms with Crippen LogP contribution in [-0.2, 0) is 0 Å². The first-order chi connectivity index (χ1) is 26.3. The average molecular weight is 682 g/mol. The summed E-state index contributed by atoms with van der Waals surface area (Å²) in [6, 6.07) is 55.9. The highest BCUT2D eigenvalue weighted by atomic mass is 15.1. The Morgan fingerprint density at radius 1 is 0.453 bits per heavy atom. The zero-order valence-corrected chi connectivity index (χ0v) is 28.5. The van der Waals surface area contributed by atoms with Crippen LogP contribution in [0.4, 0.5) is 17.1 Å². The van der Waals surface area contributed by atoms with E-state index >= 15 is 0 Å². The standard InChI is InChI=1S/C46H31N7/c1-3-7-36(8-4-1)51-28-25-34-15-21-41-42-29-40(20-22-43(42)53(45(41)44(34)51)37-9-5-2-6-10-37)52(38-16-11-32(12-17-38)33-23-26-47-27-24-33)39-18-13-35(14-19-39)46-49-30-48-31-50-46/h1-31H. The van der Waals surface area contributed by atoms with Crippen LogP contribution in [0.2, 0.25) is 0 Å². The summed E-state index contributed by atoms with van der Waals surface area (Å²) in [7, 11) is 0. The van der Waals surface area contributed by atoms with E-state index in [1.807, 2.05) is 24.5 Å². The molecule has 0 unspecified atom stereocenters. The second kappa shape index (κ2) is 12.7. The normalized spacial score (nSPS) is 11.4. The Bertz CT molecular complexity index is 2770. The van der Waals surface area contributed by atoms with E-state index in [2.05, 4.69) is 186 Å². The first kappa shape index (κ1) is 30.4. The maximum Gasteiger partial charge on any atom is 0.162 e. The summed E-state index contributed by atoms with van der Waals surface area (Å²) in [5, 5.41) is 3.55. The Balaban J connectivity index is 1.19. The van der Waals surface area contributed by atoms with Gasteiger partial charge in [0.1, 0.15) is 12.7 Å². The average Bonchev–Trinajstić information content (AvgIpc) is 3.82. The van der Waals surface area contributed by atoms with Gasteiger partial charge in [0.15, 0.2) is 5.82 Å². The molecule has 0 bridgehead atoms. The minimum atomic E-state index is 0.640. The molecule has 0 radical (unpaired) electrons. The van der Waals surface area contributed by atoms with Gasteiger partial charge in [0.25, 0.3) is 0 Å². The number of hydrogen-bond acceptors (Lipinski definition) is 5. The summed E-state index contributed by atoms with van der Waals surface area (Å²) in [5.41, 5.74) is 12.0. The van der Waals surface area contributed by atoms with Crippen molar-refractivity contribution < 1.29 is 0 Å². The molecule has 10 aromatic rings. The van der Waals surface area contributed by atoms with Gasteiger partial charge in [-0.2, -0.15) is 0 Å². The van der Waals surface area contributed by atoms with Gasteiger partial charge in [-0.05, 0) is 108 Å². The first-order valence-electron chi connectivity index (χ1n) is 17.5. The van der Waals surface area contributed by atoms with Gasteiger partial charge in [0.05, 0.1) is 16.6 Å². The Kier molecular flexibility index (Phi) is 7.32. The smallest absolute Gasteiger partial charge is 0.162 e. The van der Waals surface area contributed by atoms with Gasteiger partial charge in [0, 0.05) is 68.7 Å². The second-order valence-corrected chi connectivity index (χ2v) is 12.9. The Labute approximate surface area is 305 Å². The highest BCUT2D eigenvalue weighted by Crippen LogP contribution is 2.42. The van der Waals surface area contributed by atoms with Crippen molar-refractivity contribution >= 4 is 49.8 Å². The zero-order chi connectivity index (χ0) is 35.1. The van der Waals surface area contributed by atoms with Gasteiger partial charge >= 0.3 is 0 Å². The van der Waals surface area contributed by atoms with Crippen LogP contribution in [0.5, 0.6) is 0 Å². The van der Waals surface area contributed by atoms with Crippen molar-refractivity contribution in [3.05, 3.63) is 189 Å². The van der Waals surface area contributed by atoms with Gasteiger partial charge in [-0.15, -0.1) is 0 Å². The number of para-hydroxylation sites is 2. The molecule has 4 aromatic heterocycles. The minimum Gasteiger partial charge on any atom is -0.315 e. The third kappa shape index (κ3) is 5.30. The molecule has 0 aliphatic heterocycles. The third-order valence-electron chi connectivity index (χ3n) is 9.88. The van der Waals surface area contributed by atoms with Gasteiger partial charge in [-0.25, -0.2) is 15.0 Å². The fourth-order valence-corrected chi connectivity index (χ4v) is 7.44. The topological polar surface area (TPSA) is 64.7 Å². The highest BCUT2D eigenvalue weighted by Gasteiger charge is 2.21. The van der Waals surface area contributed by atoms with Crippen molar-refractivity contribution in [2.75, 3.05) is 4.90 Å². The minimum absolute atomic E-state index is 0.640. The molecule has 10 rings (SSSR count). The predicted molar refractivity (Wildman–Crippen MR) is 214 cm³/mol. The number of hydrogen-bond donors (Lipinski definition) is 0. The summed E-state index contributed by atoms with van der Waals surface area (Å²) in [6.07, 6.45) is 8.89. The highest BCUT2D eigenvalue weighted by molar-refractivity contribution is 6.19. The molecule has 0 saturated carbocycles. The molecule has 7 heteroatoms. The summed E-state index contributed by atoms with van der Waals surface area (Å²) in [4.78, 5) is 19.2. The lowest BCUT2D eigenvalue weighted by molar-refractivity contribution is 1.06. The molecule has 6 aromatic carbocycles. The number of benzene rings is 6. The zero-order valence-electron chi connectivity index (χ0n) is 28.5. The van der Waals surface area contributed by atoms with E-state index in [4.69, 9.17) is 0 Å². The van der Waals surface area contributed by atoms with E-state index < -0.39 is 0 Å². The lowest BCUT2D eigenvalue weighted by atomic mass is 10.1. The van der Waals surface area contributed by atoms with E-state index in [9.17, 15) is 0 Å². The van der Waals surface area contributed by atoms with Crippen molar-refractivity contribution in [1.29, 1.82) is 0 Å². The van der Waals surface area contributed by atoms with Crippen molar-refractivity contribution in [3.63, 3.8) is 0 Å². The fourth-order valence-electron chi connectivity index (χ4n) is 7.44. The second-order valence-electron chi connectivity index (χ2n) is 12.9. The molecule has 0 aliphatic rings. The number of anilines is 3. The number of nitrogens with zero attached hydrogens (tertiary/aromatic N) is 7. The summed E-state index contributed by atoms with van der Waals surface area (Å²) >= 11 is 0. The maximum atomic E-state index is 4.37. The van der Waals surface area contributed by atoms with E-state index in [1.165, 1.54) is 39.8 Å². The van der Waals surface area contributed by atoms with Gasteiger partial charge < -0.3 is 14.0 Å². The Morgan fingerprint density at radius 3 is 1.77 bits per heavy atom. The van der Waals surface area contributed by atoms with Crippen LogP contribution in [0.15, 0.2) is 189 Å². The van der Waals surface area contributed by atoms with Crippen molar-refractivity contribution in [1.82, 2.24) is 29.1 Å². The molecule has 7 nitrogen and oxygen atoms in total. The maximum absolute atomic E-state index is 4.37. The number of aromatic nitrogens is 6. The van der Waals surface area contributed by atoms with Crippen LogP contribution >= 0.6 is 0 Å². The van der Waals surface area contributed by atoms with Gasteiger partial charge in [-0.1, -0.05) is 60.7 Å². The molecule has 0 amide bonds. The van der Waals surface area contributed by atoms with Crippen LogP contribution < -0.4 is 4.90 Å². The third-order valence-corrected chi connectivity index (χ3v) is 9.88. The quantitative estimate of drug-likeness (QED) is 0.167. The van der Waals surface area contributed by atoms with Crippen LogP contribution in [0.25, 0.3) is 66.6 Å². The van der Waals surface area contributed by atoms with Crippen LogP contribution in [-0.4, -0.2) is 29.1 Å². The largest absolute Gasteiger partial charge is 0.315 e. The summed E-state index contributed by atoms with van der Waals surface area (Å²) in [5.74, 6) is 0.640. The Morgan fingerprint density at radius 2 is 1.08 bits per heavy atom. The summed E-state index contributed by atoms with van der Waals surface area (Å²) in [6.45, 7) is 0. The Hall–Kier alpha value is -7.38. The number of rotatable bonds is 7. The van der Waals surface area contributed by atoms with E-state index in [0.29, 0.717) is 5.82 Å². The fraction of sp³-hybridized carbons (Fsp3) is 0. The molecular weight excluding hydrogens is 651 g/mol. The van der Waals surface area contributed by atoms with Crippen LogP contribution in [0.3, 0.4) is 0 Å². The molecule has 0 spiro atoms. The monoisotopic (exact) mass is 681 g/mol. The lowest BCUT2D eigenvalue weighted by Gasteiger charge is -2.26. The SMILES string of the molecule is c1ccc(-n2ccc3ccc4c5cc(N(c6ccc(-c7ccncc7)cc6)c6ccc(-c7ncncn7)cc6)ccc5n(-c5ccccc5)c4c32)cc1. The number of fused-ring (bicyclic) bond motifs is 5. The molecular formula is C46H31N7. The molecule has 250 valence electrons. The predicted octanol–water partition coefficient (Wildman–Crippen LogP) is 11.1. The molecule has 0 fully saturated rings.